The summed E-state index contributed by atoms with van der Waals surface area (Å²) in [6.45, 7) is 0.386. The topological polar surface area (TPSA) is 67.6 Å². The van der Waals surface area contributed by atoms with Crippen LogP contribution in [-0.2, 0) is 4.79 Å². The summed E-state index contributed by atoms with van der Waals surface area (Å²) in [6, 6.07) is 5.74. The van der Waals surface area contributed by atoms with Gasteiger partial charge in [0, 0.05) is 17.9 Å². The van der Waals surface area contributed by atoms with Gasteiger partial charge in [0.15, 0.2) is 0 Å². The van der Waals surface area contributed by atoms with Crippen molar-refractivity contribution in [3.05, 3.63) is 18.2 Å². The van der Waals surface area contributed by atoms with E-state index < -0.39 is 0 Å². The van der Waals surface area contributed by atoms with Crippen molar-refractivity contribution >= 4 is 29.0 Å². The van der Waals surface area contributed by atoms with Crippen molar-refractivity contribution in [3.63, 3.8) is 0 Å². The van der Waals surface area contributed by atoms with Crippen molar-refractivity contribution in [1.29, 1.82) is 0 Å². The molecule has 1 unspecified atom stereocenters. The highest BCUT2D eigenvalue weighted by Crippen LogP contribution is 2.24. The number of nitrogens with two attached hydrogens (primary N) is 1. The fourth-order valence-electron chi connectivity index (χ4n) is 2.20. The Bertz CT molecular complexity index is 475. The number of amides is 1. The van der Waals surface area contributed by atoms with E-state index in [2.05, 4.69) is 10.2 Å². The molecular formula is C14H21N3O2S. The fraction of sp³-hybridized carbons (Fsp3) is 0.500. The molecule has 20 heavy (non-hydrogen) atoms. The number of hydrogen-bond donors (Lipinski definition) is 2. The third kappa shape index (κ3) is 3.80. The second-order valence-corrected chi connectivity index (χ2v) is 6.08. The summed E-state index contributed by atoms with van der Waals surface area (Å²) in [7, 11) is 3.58. The zero-order valence-electron chi connectivity index (χ0n) is 11.9. The van der Waals surface area contributed by atoms with Gasteiger partial charge in [-0.1, -0.05) is 0 Å². The lowest BCUT2D eigenvalue weighted by Crippen LogP contribution is -2.38. The van der Waals surface area contributed by atoms with Crippen LogP contribution in [0, 0.1) is 0 Å². The fourth-order valence-corrected chi connectivity index (χ4v) is 3.50. The lowest BCUT2D eigenvalue weighted by molar-refractivity contribution is -0.117. The Morgan fingerprint density at radius 2 is 2.40 bits per heavy atom. The average Bonchev–Trinajstić information content (AvgIpc) is 2.95. The molecule has 6 heteroatoms. The Morgan fingerprint density at radius 3 is 3.00 bits per heavy atom. The molecule has 1 fully saturated rings. The van der Waals surface area contributed by atoms with Crippen molar-refractivity contribution in [1.82, 2.24) is 4.90 Å². The summed E-state index contributed by atoms with van der Waals surface area (Å²) < 4.78 is 5.08. The first-order valence-electron chi connectivity index (χ1n) is 6.61. The molecule has 0 spiro atoms. The van der Waals surface area contributed by atoms with E-state index in [9.17, 15) is 4.79 Å². The molecule has 1 aromatic rings. The van der Waals surface area contributed by atoms with E-state index in [4.69, 9.17) is 10.5 Å². The van der Waals surface area contributed by atoms with E-state index in [0.29, 0.717) is 29.7 Å². The summed E-state index contributed by atoms with van der Waals surface area (Å²) in [5.74, 6) is 2.93. The van der Waals surface area contributed by atoms with Gasteiger partial charge in [0.25, 0.3) is 0 Å². The highest BCUT2D eigenvalue weighted by molar-refractivity contribution is 7.99. The van der Waals surface area contributed by atoms with E-state index in [1.165, 1.54) is 5.75 Å². The second-order valence-electron chi connectivity index (χ2n) is 4.93. The van der Waals surface area contributed by atoms with Gasteiger partial charge >= 0.3 is 0 Å². The smallest absolute Gasteiger partial charge is 0.238 e. The van der Waals surface area contributed by atoms with Gasteiger partial charge in [-0.05, 0) is 31.4 Å². The molecule has 1 atom stereocenters. The molecule has 0 saturated carbocycles. The van der Waals surface area contributed by atoms with Crippen LogP contribution >= 0.6 is 11.8 Å². The summed E-state index contributed by atoms with van der Waals surface area (Å²) in [5, 5.41) is 2.85. The number of anilines is 2. The van der Waals surface area contributed by atoms with Crippen LogP contribution in [0.1, 0.15) is 6.42 Å². The highest BCUT2D eigenvalue weighted by Gasteiger charge is 2.21. The Hall–Kier alpha value is -1.40. The monoisotopic (exact) mass is 295 g/mol. The molecule has 0 radical (unpaired) electrons. The van der Waals surface area contributed by atoms with Gasteiger partial charge in [-0.3, -0.25) is 9.69 Å². The predicted molar refractivity (Wildman–Crippen MR) is 84.4 cm³/mol. The lowest BCUT2D eigenvalue weighted by atomic mass is 10.2. The Kier molecular flexibility index (Phi) is 5.14. The van der Waals surface area contributed by atoms with Crippen LogP contribution in [0.4, 0.5) is 11.4 Å². The summed E-state index contributed by atoms with van der Waals surface area (Å²) >= 11 is 1.94. The number of likely N-dealkylation sites (N-methyl/N-ethyl adjacent to an activating group) is 1. The van der Waals surface area contributed by atoms with Crippen molar-refractivity contribution in [2.75, 3.05) is 43.3 Å². The van der Waals surface area contributed by atoms with Crippen LogP contribution in [0.3, 0.4) is 0 Å². The standard InChI is InChI=1S/C14H21N3O2S/c1-17(10-5-6-20-9-10)8-14(18)16-13-4-3-11(19-2)7-12(13)15/h3-4,7,10H,5-6,8-9,15H2,1-2H3,(H,16,18). The first-order valence-corrected chi connectivity index (χ1v) is 7.77. The summed E-state index contributed by atoms with van der Waals surface area (Å²) in [4.78, 5) is 14.1. The van der Waals surface area contributed by atoms with Crippen LogP contribution in [0.5, 0.6) is 5.75 Å². The third-order valence-corrected chi connectivity index (χ3v) is 4.60. The second kappa shape index (κ2) is 6.85. The quantitative estimate of drug-likeness (QED) is 0.809. The molecule has 1 aliphatic rings. The number of methoxy groups -OCH3 is 1. The van der Waals surface area contributed by atoms with Crippen LogP contribution in [0.15, 0.2) is 18.2 Å². The van der Waals surface area contributed by atoms with E-state index in [-0.39, 0.29) is 5.91 Å². The number of nitrogen functional groups attached to an aromatic ring is 1. The van der Waals surface area contributed by atoms with Gasteiger partial charge in [0.2, 0.25) is 5.91 Å². The first kappa shape index (κ1) is 15.0. The van der Waals surface area contributed by atoms with Crippen LogP contribution in [-0.4, -0.2) is 49.1 Å². The molecular weight excluding hydrogens is 274 g/mol. The van der Waals surface area contributed by atoms with Crippen molar-refractivity contribution < 1.29 is 9.53 Å². The number of rotatable bonds is 5. The number of benzene rings is 1. The van der Waals surface area contributed by atoms with Gasteiger partial charge < -0.3 is 15.8 Å². The largest absolute Gasteiger partial charge is 0.497 e. The summed E-state index contributed by atoms with van der Waals surface area (Å²) in [6.07, 6.45) is 1.15. The predicted octanol–water partition coefficient (Wildman–Crippen LogP) is 1.65. The van der Waals surface area contributed by atoms with E-state index in [0.717, 1.165) is 12.2 Å². The average molecular weight is 295 g/mol. The molecule has 2 rings (SSSR count). The number of carbonyl (C=O) groups excluding carboxylic acids is 1. The van der Waals surface area contributed by atoms with Crippen molar-refractivity contribution in [2.24, 2.45) is 0 Å². The maximum Gasteiger partial charge on any atom is 0.238 e. The number of carbonyl (C=O) groups is 1. The minimum absolute atomic E-state index is 0.0405. The first-order chi connectivity index (χ1) is 9.60. The summed E-state index contributed by atoms with van der Waals surface area (Å²) in [5.41, 5.74) is 7.03. The van der Waals surface area contributed by atoms with Crippen LogP contribution < -0.4 is 15.8 Å². The van der Waals surface area contributed by atoms with Gasteiger partial charge in [-0.2, -0.15) is 11.8 Å². The minimum Gasteiger partial charge on any atom is -0.497 e. The zero-order chi connectivity index (χ0) is 14.5. The molecule has 3 N–H and O–H groups in total. The zero-order valence-corrected chi connectivity index (χ0v) is 12.7. The number of hydrogen-bond acceptors (Lipinski definition) is 5. The number of thioether (sulfide) groups is 1. The van der Waals surface area contributed by atoms with Gasteiger partial charge in [0.05, 0.1) is 25.0 Å². The molecule has 1 aromatic carbocycles. The van der Waals surface area contributed by atoms with E-state index in [1.54, 1.807) is 25.3 Å². The third-order valence-electron chi connectivity index (χ3n) is 3.45. The van der Waals surface area contributed by atoms with Gasteiger partial charge in [0.1, 0.15) is 5.75 Å². The van der Waals surface area contributed by atoms with Gasteiger partial charge in [-0.15, -0.1) is 0 Å². The maximum absolute atomic E-state index is 12.0. The molecule has 5 nitrogen and oxygen atoms in total. The van der Waals surface area contributed by atoms with Crippen LogP contribution in [0.2, 0.25) is 0 Å². The number of nitrogens with one attached hydrogen (secondary N) is 1. The lowest BCUT2D eigenvalue weighted by Gasteiger charge is -2.22. The molecule has 1 heterocycles. The number of nitrogens with zero attached hydrogens (tertiary/aromatic N) is 1. The maximum atomic E-state index is 12.0. The number of ether oxygens (including phenoxy) is 1. The van der Waals surface area contributed by atoms with E-state index >= 15 is 0 Å². The molecule has 1 saturated heterocycles. The SMILES string of the molecule is COc1ccc(NC(=O)CN(C)C2CCSC2)c(N)c1. The van der Waals surface area contributed by atoms with Crippen molar-refractivity contribution in [3.8, 4) is 5.75 Å². The molecule has 0 bridgehead atoms. The molecule has 110 valence electrons. The van der Waals surface area contributed by atoms with E-state index in [1.807, 2.05) is 18.8 Å². The Morgan fingerprint density at radius 1 is 1.60 bits per heavy atom. The minimum atomic E-state index is -0.0405. The van der Waals surface area contributed by atoms with Crippen molar-refractivity contribution in [2.45, 2.75) is 12.5 Å². The van der Waals surface area contributed by atoms with Gasteiger partial charge in [-0.25, -0.2) is 0 Å². The molecule has 1 amide bonds. The molecule has 0 aromatic heterocycles. The van der Waals surface area contributed by atoms with Crippen LogP contribution in [0.25, 0.3) is 0 Å². The Balaban J connectivity index is 1.90. The Labute approximate surface area is 123 Å². The molecule has 1 aliphatic heterocycles. The molecule has 0 aliphatic carbocycles. The normalized spacial score (nSPS) is 18.2. The highest BCUT2D eigenvalue weighted by atomic mass is 32.2.